The van der Waals surface area contributed by atoms with Gasteiger partial charge in [-0.3, -0.25) is 9.59 Å². The fraction of sp³-hybridized carbons (Fsp3) is 0.500. The predicted molar refractivity (Wildman–Crippen MR) is 95.4 cm³/mol. The molecule has 2 aliphatic heterocycles. The molecule has 1 saturated heterocycles. The summed E-state index contributed by atoms with van der Waals surface area (Å²) in [5.74, 6) is -0.187. The highest BCUT2D eigenvalue weighted by Gasteiger charge is 2.25. The SMILES string of the molecule is CN(Cc1ccccc1N1CCOCC1)C(=O)C1=NN(C)C(=O)CC1. The number of ether oxygens (including phenoxy) is 1. The standard InChI is InChI=1S/C18H24N4O3/c1-20(18(24)15-7-8-17(23)21(2)19-15)13-14-5-3-4-6-16(14)22-9-11-25-12-10-22/h3-6H,7-13H2,1-2H3. The fourth-order valence-electron chi connectivity index (χ4n) is 3.13. The number of amides is 2. The number of carbonyl (C=O) groups excluding carboxylic acids is 2. The third-order valence-electron chi connectivity index (χ3n) is 4.55. The minimum Gasteiger partial charge on any atom is -0.378 e. The van der Waals surface area contributed by atoms with Crippen molar-refractivity contribution in [1.82, 2.24) is 9.91 Å². The lowest BCUT2D eigenvalue weighted by molar-refractivity contribution is -0.130. The first kappa shape index (κ1) is 17.4. The maximum absolute atomic E-state index is 12.7. The first-order chi connectivity index (χ1) is 12.1. The Morgan fingerprint density at radius 3 is 2.68 bits per heavy atom. The lowest BCUT2D eigenvalue weighted by Crippen LogP contribution is -2.39. The topological polar surface area (TPSA) is 65.5 Å². The number of nitrogens with zero attached hydrogens (tertiary/aromatic N) is 4. The summed E-state index contributed by atoms with van der Waals surface area (Å²) in [7, 11) is 3.36. The third kappa shape index (κ3) is 3.99. The summed E-state index contributed by atoms with van der Waals surface area (Å²) < 4.78 is 5.42. The zero-order chi connectivity index (χ0) is 17.8. The molecule has 0 radical (unpaired) electrons. The van der Waals surface area contributed by atoms with Crippen molar-refractivity contribution in [1.29, 1.82) is 0 Å². The Kier molecular flexibility index (Phi) is 5.33. The Hall–Kier alpha value is -2.41. The molecule has 3 rings (SSSR count). The van der Waals surface area contributed by atoms with Gasteiger partial charge in [0, 0.05) is 52.3 Å². The van der Waals surface area contributed by atoms with Crippen LogP contribution < -0.4 is 4.90 Å². The van der Waals surface area contributed by atoms with Crippen LogP contribution in [0.2, 0.25) is 0 Å². The molecule has 1 fully saturated rings. The van der Waals surface area contributed by atoms with E-state index in [4.69, 9.17) is 4.74 Å². The number of hydrogen-bond acceptors (Lipinski definition) is 5. The van der Waals surface area contributed by atoms with E-state index in [1.54, 1.807) is 19.0 Å². The van der Waals surface area contributed by atoms with Gasteiger partial charge >= 0.3 is 0 Å². The summed E-state index contributed by atoms with van der Waals surface area (Å²) in [6, 6.07) is 8.14. The molecule has 134 valence electrons. The van der Waals surface area contributed by atoms with Gasteiger partial charge in [0.25, 0.3) is 5.91 Å². The van der Waals surface area contributed by atoms with E-state index in [1.807, 2.05) is 18.2 Å². The van der Waals surface area contributed by atoms with Crippen LogP contribution >= 0.6 is 0 Å². The van der Waals surface area contributed by atoms with Crippen LogP contribution in [-0.2, 0) is 20.9 Å². The van der Waals surface area contributed by atoms with Crippen molar-refractivity contribution in [2.75, 3.05) is 45.3 Å². The van der Waals surface area contributed by atoms with Gasteiger partial charge in [-0.05, 0) is 11.6 Å². The maximum Gasteiger partial charge on any atom is 0.270 e. The maximum atomic E-state index is 12.7. The number of rotatable bonds is 4. The van der Waals surface area contributed by atoms with E-state index < -0.39 is 0 Å². The Morgan fingerprint density at radius 1 is 1.24 bits per heavy atom. The van der Waals surface area contributed by atoms with E-state index in [2.05, 4.69) is 16.1 Å². The second-order valence-electron chi connectivity index (χ2n) is 6.35. The number of carbonyl (C=O) groups is 2. The van der Waals surface area contributed by atoms with E-state index in [-0.39, 0.29) is 11.8 Å². The fourth-order valence-corrected chi connectivity index (χ4v) is 3.13. The Labute approximate surface area is 147 Å². The van der Waals surface area contributed by atoms with Crippen LogP contribution in [0, 0.1) is 0 Å². The highest BCUT2D eigenvalue weighted by molar-refractivity contribution is 6.39. The molecule has 0 bridgehead atoms. The van der Waals surface area contributed by atoms with Crippen LogP contribution in [0.1, 0.15) is 18.4 Å². The van der Waals surface area contributed by atoms with Gasteiger partial charge in [-0.25, -0.2) is 5.01 Å². The zero-order valence-corrected chi connectivity index (χ0v) is 14.8. The smallest absolute Gasteiger partial charge is 0.270 e. The molecule has 25 heavy (non-hydrogen) atoms. The molecule has 0 unspecified atom stereocenters. The van der Waals surface area contributed by atoms with Crippen molar-refractivity contribution >= 4 is 23.2 Å². The van der Waals surface area contributed by atoms with Gasteiger partial charge in [-0.2, -0.15) is 5.10 Å². The lowest BCUT2D eigenvalue weighted by Gasteiger charge is -2.31. The molecular weight excluding hydrogens is 320 g/mol. The number of anilines is 1. The molecule has 0 aliphatic carbocycles. The van der Waals surface area contributed by atoms with Crippen LogP contribution in [0.3, 0.4) is 0 Å². The van der Waals surface area contributed by atoms with Crippen LogP contribution in [-0.4, -0.2) is 67.8 Å². The molecule has 1 aromatic rings. The first-order valence-electron chi connectivity index (χ1n) is 8.56. The summed E-state index contributed by atoms with van der Waals surface area (Å²) >= 11 is 0. The van der Waals surface area contributed by atoms with E-state index in [0.29, 0.717) is 25.1 Å². The van der Waals surface area contributed by atoms with Crippen molar-refractivity contribution in [2.24, 2.45) is 5.10 Å². The molecule has 0 spiro atoms. The third-order valence-corrected chi connectivity index (χ3v) is 4.55. The van der Waals surface area contributed by atoms with Gasteiger partial charge in [-0.15, -0.1) is 0 Å². The molecule has 7 nitrogen and oxygen atoms in total. The first-order valence-corrected chi connectivity index (χ1v) is 8.56. The highest BCUT2D eigenvalue weighted by atomic mass is 16.5. The minimum atomic E-state index is -0.129. The van der Waals surface area contributed by atoms with Gasteiger partial charge in [0.2, 0.25) is 5.91 Å². The van der Waals surface area contributed by atoms with Crippen LogP contribution in [0.25, 0.3) is 0 Å². The second kappa shape index (κ2) is 7.65. The van der Waals surface area contributed by atoms with Gasteiger partial charge in [0.1, 0.15) is 5.71 Å². The normalized spacial score (nSPS) is 18.2. The van der Waals surface area contributed by atoms with Crippen LogP contribution in [0.4, 0.5) is 5.69 Å². The largest absolute Gasteiger partial charge is 0.378 e. The summed E-state index contributed by atoms with van der Waals surface area (Å²) in [6.45, 7) is 3.66. The van der Waals surface area contributed by atoms with Gasteiger partial charge in [-0.1, -0.05) is 18.2 Å². The number of hydrogen-bond donors (Lipinski definition) is 0. The van der Waals surface area contributed by atoms with Gasteiger partial charge in [0.05, 0.1) is 13.2 Å². The minimum absolute atomic E-state index is 0.0585. The number of benzene rings is 1. The summed E-state index contributed by atoms with van der Waals surface area (Å²) in [4.78, 5) is 28.1. The van der Waals surface area contributed by atoms with E-state index in [9.17, 15) is 9.59 Å². The monoisotopic (exact) mass is 344 g/mol. The molecular formula is C18H24N4O3. The van der Waals surface area contributed by atoms with Crippen molar-refractivity contribution in [3.8, 4) is 0 Å². The highest BCUT2D eigenvalue weighted by Crippen LogP contribution is 2.23. The van der Waals surface area contributed by atoms with E-state index >= 15 is 0 Å². The van der Waals surface area contributed by atoms with Gasteiger partial charge in [0.15, 0.2) is 0 Å². The Balaban J connectivity index is 1.72. The molecule has 0 atom stereocenters. The summed E-state index contributed by atoms with van der Waals surface area (Å²) in [5, 5.41) is 5.38. The predicted octanol–water partition coefficient (Wildman–Crippen LogP) is 1.09. The number of morpholine rings is 1. The zero-order valence-electron chi connectivity index (χ0n) is 14.8. The van der Waals surface area contributed by atoms with Gasteiger partial charge < -0.3 is 14.5 Å². The average molecular weight is 344 g/mol. The van der Waals surface area contributed by atoms with Crippen LogP contribution in [0.15, 0.2) is 29.4 Å². The molecule has 2 amide bonds. The molecule has 7 heteroatoms. The molecule has 0 saturated carbocycles. The van der Waals surface area contributed by atoms with Crippen molar-refractivity contribution in [3.05, 3.63) is 29.8 Å². The van der Waals surface area contributed by atoms with Crippen molar-refractivity contribution in [2.45, 2.75) is 19.4 Å². The Morgan fingerprint density at radius 2 is 1.96 bits per heavy atom. The number of para-hydroxylation sites is 1. The van der Waals surface area contributed by atoms with Crippen LogP contribution in [0.5, 0.6) is 0 Å². The summed E-state index contributed by atoms with van der Waals surface area (Å²) in [6.07, 6.45) is 0.733. The molecule has 0 N–H and O–H groups in total. The van der Waals surface area contributed by atoms with E-state index in [1.165, 1.54) is 5.01 Å². The lowest BCUT2D eigenvalue weighted by atomic mass is 10.1. The quantitative estimate of drug-likeness (QED) is 0.820. The Bertz CT molecular complexity index is 683. The second-order valence-corrected chi connectivity index (χ2v) is 6.35. The molecule has 0 aromatic heterocycles. The molecule has 1 aromatic carbocycles. The number of hydrazone groups is 1. The van der Waals surface area contributed by atoms with E-state index in [0.717, 1.165) is 37.6 Å². The average Bonchev–Trinajstić information content (AvgIpc) is 2.64. The molecule has 2 heterocycles. The van der Waals surface area contributed by atoms with Crippen molar-refractivity contribution in [3.63, 3.8) is 0 Å². The van der Waals surface area contributed by atoms with Crippen molar-refractivity contribution < 1.29 is 14.3 Å². The summed E-state index contributed by atoms with van der Waals surface area (Å²) in [5.41, 5.74) is 2.68. The molecule has 2 aliphatic rings.